The molecule has 0 radical (unpaired) electrons. The first-order valence-corrected chi connectivity index (χ1v) is 6.75. The second kappa shape index (κ2) is 6.26. The highest BCUT2D eigenvalue weighted by atomic mass is 16.6. The fraction of sp³-hybridized carbons (Fsp3) is 0.214. The van der Waals surface area contributed by atoms with E-state index in [-0.39, 0.29) is 18.1 Å². The minimum atomic E-state index is -0.773. The maximum Gasteiger partial charge on any atom is 0.377 e. The van der Waals surface area contributed by atoms with Crippen LogP contribution in [-0.2, 0) is 23.8 Å². The summed E-state index contributed by atoms with van der Waals surface area (Å²) in [6.45, 7) is 0.143. The van der Waals surface area contributed by atoms with Gasteiger partial charge in [0, 0.05) is 5.69 Å². The van der Waals surface area contributed by atoms with Crippen molar-refractivity contribution in [2.75, 3.05) is 25.1 Å². The number of nitrogens with one attached hydrogen (secondary N) is 3. The Hall–Kier alpha value is -3.23. The van der Waals surface area contributed by atoms with Gasteiger partial charge in [-0.05, 0) is 18.2 Å². The first-order chi connectivity index (χ1) is 11.1. The lowest BCUT2D eigenvalue weighted by Gasteiger charge is -2.14. The van der Waals surface area contributed by atoms with E-state index in [1.807, 2.05) is 0 Å². The van der Waals surface area contributed by atoms with Crippen LogP contribution in [-0.4, -0.2) is 41.7 Å². The highest BCUT2D eigenvalue weighted by molar-refractivity contribution is 5.95. The van der Waals surface area contributed by atoms with Crippen LogP contribution in [0.4, 0.5) is 5.69 Å². The fourth-order valence-corrected chi connectivity index (χ4v) is 1.99. The maximum atomic E-state index is 11.8. The molecule has 2 heterocycles. The van der Waals surface area contributed by atoms with Crippen molar-refractivity contribution in [3.63, 3.8) is 0 Å². The molecule has 0 saturated carbocycles. The average molecular weight is 319 g/mol. The van der Waals surface area contributed by atoms with E-state index in [9.17, 15) is 14.4 Å². The van der Waals surface area contributed by atoms with Crippen LogP contribution in [0, 0.1) is 0 Å². The lowest BCUT2D eigenvalue weighted by atomic mass is 10.3. The van der Waals surface area contributed by atoms with Crippen LogP contribution in [0.3, 0.4) is 0 Å². The van der Waals surface area contributed by atoms with Gasteiger partial charge in [-0.25, -0.2) is 9.59 Å². The molecule has 3 N–H and O–H groups in total. The molecule has 0 fully saturated rings. The topological polar surface area (TPSA) is 123 Å². The van der Waals surface area contributed by atoms with Gasteiger partial charge in [0.15, 0.2) is 6.61 Å². The summed E-state index contributed by atoms with van der Waals surface area (Å²) < 4.78 is 14.8. The number of hydrogen-bond acceptors (Lipinski definition) is 6. The van der Waals surface area contributed by atoms with Gasteiger partial charge in [0.2, 0.25) is 5.76 Å². The molecule has 0 spiro atoms. The number of amides is 1. The number of H-pyrrole nitrogens is 2. The highest BCUT2D eigenvalue weighted by Crippen LogP contribution is 2.14. The summed E-state index contributed by atoms with van der Waals surface area (Å²) >= 11 is 0. The molecule has 0 unspecified atom stereocenters. The Balaban J connectivity index is 1.56. The molecule has 9 nitrogen and oxygen atoms in total. The number of esters is 1. The summed E-state index contributed by atoms with van der Waals surface area (Å²) in [6.07, 6.45) is 1.15. The van der Waals surface area contributed by atoms with Crippen molar-refractivity contribution >= 4 is 28.6 Å². The van der Waals surface area contributed by atoms with Crippen LogP contribution in [0.2, 0.25) is 0 Å². The second-order valence-corrected chi connectivity index (χ2v) is 4.67. The number of aromatic nitrogens is 2. The summed E-state index contributed by atoms with van der Waals surface area (Å²) in [6, 6.07) is 4.85. The molecule has 3 rings (SSSR count). The van der Waals surface area contributed by atoms with Crippen LogP contribution in [0.1, 0.15) is 0 Å². The lowest BCUT2D eigenvalue weighted by molar-refractivity contribution is -0.148. The van der Waals surface area contributed by atoms with Gasteiger partial charge in [0.1, 0.15) is 19.5 Å². The van der Waals surface area contributed by atoms with Crippen LogP contribution < -0.4 is 11.0 Å². The van der Waals surface area contributed by atoms with Crippen molar-refractivity contribution in [1.29, 1.82) is 0 Å². The van der Waals surface area contributed by atoms with Crippen LogP contribution in [0.5, 0.6) is 0 Å². The third kappa shape index (κ3) is 3.51. The first kappa shape index (κ1) is 14.7. The number of anilines is 1. The fourth-order valence-electron chi connectivity index (χ4n) is 1.99. The monoisotopic (exact) mass is 319 g/mol. The normalized spacial score (nSPS) is 13.7. The molecule has 23 heavy (non-hydrogen) atoms. The van der Waals surface area contributed by atoms with Gasteiger partial charge in [-0.1, -0.05) is 0 Å². The first-order valence-electron chi connectivity index (χ1n) is 6.75. The smallest absolute Gasteiger partial charge is 0.377 e. The van der Waals surface area contributed by atoms with Gasteiger partial charge in [-0.15, -0.1) is 0 Å². The summed E-state index contributed by atoms with van der Waals surface area (Å²) in [7, 11) is 0. The molecular formula is C14H13N3O6. The molecule has 1 amide bonds. The molecule has 1 aliphatic rings. The number of carbonyl (C=O) groups excluding carboxylic acids is 2. The van der Waals surface area contributed by atoms with Crippen molar-refractivity contribution < 1.29 is 23.8 Å². The summed E-state index contributed by atoms with van der Waals surface area (Å²) in [5.41, 5.74) is 1.31. The Labute approximate surface area is 129 Å². The van der Waals surface area contributed by atoms with E-state index in [0.717, 1.165) is 6.26 Å². The van der Waals surface area contributed by atoms with Gasteiger partial charge in [-0.3, -0.25) is 4.79 Å². The number of rotatable bonds is 4. The van der Waals surface area contributed by atoms with E-state index in [0.29, 0.717) is 23.3 Å². The van der Waals surface area contributed by atoms with E-state index < -0.39 is 18.5 Å². The standard InChI is InChI=1S/C14H13N3O6/c18-12(7-23-13(19)11-6-21-3-4-22-11)15-8-1-2-9-10(5-8)17-14(20)16-9/h1-2,5-6H,3-4,7H2,(H,15,18)(H2,16,17,20). The van der Waals surface area contributed by atoms with E-state index >= 15 is 0 Å². The summed E-state index contributed by atoms with van der Waals surface area (Å²) in [4.78, 5) is 39.7. The quantitative estimate of drug-likeness (QED) is 0.693. The van der Waals surface area contributed by atoms with Crippen molar-refractivity contribution in [2.45, 2.75) is 0 Å². The van der Waals surface area contributed by atoms with Crippen molar-refractivity contribution in [1.82, 2.24) is 9.97 Å². The largest absolute Gasteiger partial charge is 0.493 e. The third-order valence-electron chi connectivity index (χ3n) is 2.98. The molecule has 0 atom stereocenters. The Morgan fingerprint density at radius 3 is 2.83 bits per heavy atom. The molecule has 0 saturated heterocycles. The Morgan fingerprint density at radius 2 is 2.04 bits per heavy atom. The minimum absolute atomic E-state index is 0.0737. The lowest BCUT2D eigenvalue weighted by Crippen LogP contribution is -2.23. The van der Waals surface area contributed by atoms with E-state index in [1.54, 1.807) is 18.2 Å². The van der Waals surface area contributed by atoms with Crippen molar-refractivity contribution in [3.8, 4) is 0 Å². The van der Waals surface area contributed by atoms with Gasteiger partial charge in [-0.2, -0.15) is 0 Å². The number of imidazole rings is 1. The third-order valence-corrected chi connectivity index (χ3v) is 2.98. The molecule has 0 aliphatic carbocycles. The van der Waals surface area contributed by atoms with Gasteiger partial charge in [0.25, 0.3) is 5.91 Å². The molecule has 120 valence electrons. The van der Waals surface area contributed by atoms with Crippen LogP contribution in [0.15, 0.2) is 35.0 Å². The van der Waals surface area contributed by atoms with Crippen molar-refractivity contribution in [2.24, 2.45) is 0 Å². The predicted octanol–water partition coefficient (Wildman–Crippen LogP) is 0.226. The predicted molar refractivity (Wildman–Crippen MR) is 78.5 cm³/mol. The zero-order chi connectivity index (χ0) is 16.2. The molecule has 2 aromatic rings. The molecule has 1 aromatic carbocycles. The Morgan fingerprint density at radius 1 is 1.22 bits per heavy atom. The molecule has 9 heteroatoms. The number of fused-ring (bicyclic) bond motifs is 1. The molecule has 1 aromatic heterocycles. The van der Waals surface area contributed by atoms with Gasteiger partial charge < -0.3 is 29.5 Å². The number of aromatic amines is 2. The number of ether oxygens (including phenoxy) is 3. The SMILES string of the molecule is O=C(COC(=O)C1=COCCO1)Nc1ccc2[nH]c(=O)[nH]c2c1. The number of hydrogen-bond donors (Lipinski definition) is 3. The number of benzene rings is 1. The summed E-state index contributed by atoms with van der Waals surface area (Å²) in [5, 5.41) is 2.56. The average Bonchev–Trinajstić information content (AvgIpc) is 2.92. The minimum Gasteiger partial charge on any atom is -0.493 e. The van der Waals surface area contributed by atoms with Crippen LogP contribution in [0.25, 0.3) is 11.0 Å². The molecule has 1 aliphatic heterocycles. The Bertz CT molecular complexity index is 834. The van der Waals surface area contributed by atoms with E-state index in [4.69, 9.17) is 14.2 Å². The zero-order valence-corrected chi connectivity index (χ0v) is 11.9. The van der Waals surface area contributed by atoms with Crippen LogP contribution >= 0.6 is 0 Å². The summed E-state index contributed by atoms with van der Waals surface area (Å²) in [5.74, 6) is -1.37. The Kier molecular flexibility index (Phi) is 4.00. The number of carbonyl (C=O) groups is 2. The van der Waals surface area contributed by atoms with E-state index in [1.165, 1.54) is 0 Å². The molecule has 0 bridgehead atoms. The highest BCUT2D eigenvalue weighted by Gasteiger charge is 2.18. The second-order valence-electron chi connectivity index (χ2n) is 4.67. The zero-order valence-electron chi connectivity index (χ0n) is 11.9. The van der Waals surface area contributed by atoms with Crippen molar-refractivity contribution in [3.05, 3.63) is 40.7 Å². The van der Waals surface area contributed by atoms with Gasteiger partial charge in [0.05, 0.1) is 11.0 Å². The van der Waals surface area contributed by atoms with E-state index in [2.05, 4.69) is 15.3 Å². The molecular weight excluding hydrogens is 306 g/mol. The maximum absolute atomic E-state index is 11.8. The van der Waals surface area contributed by atoms with Gasteiger partial charge >= 0.3 is 11.7 Å².